The van der Waals surface area contributed by atoms with Crippen LogP contribution in [0.2, 0.25) is 0 Å². The van der Waals surface area contributed by atoms with Crippen LogP contribution < -0.4 is 5.32 Å². The summed E-state index contributed by atoms with van der Waals surface area (Å²) in [6.07, 6.45) is 0. The molecule has 4 nitrogen and oxygen atoms in total. The van der Waals surface area contributed by atoms with Crippen molar-refractivity contribution in [1.82, 2.24) is 9.97 Å². The first-order valence-electron chi connectivity index (χ1n) is 9.32. The number of pyridine rings is 1. The lowest BCUT2D eigenvalue weighted by Crippen LogP contribution is -2.15. The molecule has 1 amide bonds. The van der Waals surface area contributed by atoms with Crippen molar-refractivity contribution in [2.24, 2.45) is 0 Å². The van der Waals surface area contributed by atoms with E-state index >= 15 is 0 Å². The van der Waals surface area contributed by atoms with Crippen LogP contribution in [0.1, 0.15) is 15.9 Å². The number of hydrogen-bond acceptors (Lipinski definition) is 4. The molecule has 0 fully saturated rings. The molecule has 0 spiro atoms. The van der Waals surface area contributed by atoms with E-state index in [4.69, 9.17) is 4.98 Å². The molecule has 0 aliphatic carbocycles. The van der Waals surface area contributed by atoms with Crippen LogP contribution in [-0.4, -0.2) is 15.9 Å². The quantitative estimate of drug-likeness (QED) is 0.403. The first-order chi connectivity index (χ1) is 14.2. The molecule has 0 unspecified atom stereocenters. The molecule has 5 heteroatoms. The molecule has 0 bridgehead atoms. The van der Waals surface area contributed by atoms with Crippen LogP contribution in [0.5, 0.6) is 0 Å². The lowest BCUT2D eigenvalue weighted by atomic mass is 9.97. The molecule has 5 aromatic rings. The van der Waals surface area contributed by atoms with E-state index in [0.717, 1.165) is 37.9 Å². The molecule has 140 valence electrons. The summed E-state index contributed by atoms with van der Waals surface area (Å²) in [5.41, 5.74) is 4.98. The maximum absolute atomic E-state index is 13.3. The van der Waals surface area contributed by atoms with Gasteiger partial charge in [-0.2, -0.15) is 0 Å². The molecule has 2 heterocycles. The Bertz CT molecular complexity index is 1330. The Morgan fingerprint density at radius 1 is 0.828 bits per heavy atom. The zero-order chi connectivity index (χ0) is 19.8. The topological polar surface area (TPSA) is 54.9 Å². The first-order valence-corrected chi connectivity index (χ1v) is 10.1. The third-order valence-electron chi connectivity index (χ3n) is 4.92. The average molecular weight is 395 g/mol. The predicted octanol–water partition coefficient (Wildman–Crippen LogP) is 6.07. The van der Waals surface area contributed by atoms with Gasteiger partial charge >= 0.3 is 0 Å². The molecular weight excluding hydrogens is 378 g/mol. The largest absolute Gasteiger partial charge is 0.298 e. The number of thiazole rings is 1. The summed E-state index contributed by atoms with van der Waals surface area (Å²) in [6, 6.07) is 25.6. The summed E-state index contributed by atoms with van der Waals surface area (Å²) >= 11 is 1.47. The van der Waals surface area contributed by atoms with Crippen molar-refractivity contribution in [3.05, 3.63) is 90.0 Å². The maximum Gasteiger partial charge on any atom is 0.258 e. The van der Waals surface area contributed by atoms with Gasteiger partial charge in [-0.05, 0) is 30.7 Å². The summed E-state index contributed by atoms with van der Waals surface area (Å²) in [6.45, 7) is 1.95. The summed E-state index contributed by atoms with van der Waals surface area (Å²) in [4.78, 5) is 22.7. The number of aromatic nitrogens is 2. The van der Waals surface area contributed by atoms with Gasteiger partial charge < -0.3 is 0 Å². The summed E-state index contributed by atoms with van der Waals surface area (Å²) in [5.74, 6) is -0.169. The smallest absolute Gasteiger partial charge is 0.258 e. The molecule has 5 rings (SSSR count). The van der Waals surface area contributed by atoms with Crippen LogP contribution in [0.3, 0.4) is 0 Å². The van der Waals surface area contributed by atoms with Gasteiger partial charge in [0.1, 0.15) is 0 Å². The minimum Gasteiger partial charge on any atom is -0.298 e. The van der Waals surface area contributed by atoms with Gasteiger partial charge in [0.2, 0.25) is 0 Å². The Morgan fingerprint density at radius 3 is 2.31 bits per heavy atom. The highest BCUT2D eigenvalue weighted by Gasteiger charge is 2.20. The molecule has 0 atom stereocenters. The second kappa shape index (κ2) is 7.11. The van der Waals surface area contributed by atoms with Crippen molar-refractivity contribution in [3.8, 4) is 11.3 Å². The normalized spacial score (nSPS) is 11.1. The van der Waals surface area contributed by atoms with E-state index < -0.39 is 0 Å². The van der Waals surface area contributed by atoms with Gasteiger partial charge in [-0.3, -0.25) is 10.1 Å². The third-order valence-corrected chi connectivity index (χ3v) is 5.88. The highest BCUT2D eigenvalue weighted by atomic mass is 32.1. The van der Waals surface area contributed by atoms with Gasteiger partial charge in [-0.15, -0.1) is 0 Å². The minimum absolute atomic E-state index is 0.169. The van der Waals surface area contributed by atoms with Crippen LogP contribution in [0, 0.1) is 6.92 Å². The van der Waals surface area contributed by atoms with E-state index in [2.05, 4.69) is 10.3 Å². The highest BCUT2D eigenvalue weighted by molar-refractivity contribution is 7.22. The maximum atomic E-state index is 13.3. The highest BCUT2D eigenvalue weighted by Crippen LogP contribution is 2.31. The minimum atomic E-state index is -0.169. The Kier molecular flexibility index (Phi) is 4.30. The number of anilines is 1. The first kappa shape index (κ1) is 17.5. The molecule has 1 N–H and O–H groups in total. The molecule has 29 heavy (non-hydrogen) atoms. The molecule has 0 radical (unpaired) electrons. The van der Waals surface area contributed by atoms with E-state index in [9.17, 15) is 4.79 Å². The molecule has 2 aromatic heterocycles. The van der Waals surface area contributed by atoms with E-state index in [1.54, 1.807) is 0 Å². The van der Waals surface area contributed by atoms with Crippen molar-refractivity contribution in [3.63, 3.8) is 0 Å². The Morgan fingerprint density at radius 2 is 1.52 bits per heavy atom. The van der Waals surface area contributed by atoms with Crippen molar-refractivity contribution < 1.29 is 4.79 Å². The SMILES string of the molecule is Cc1c(-c2ccccc2)nc2ccccc2c1C(=O)Nc1nc2ccccc2s1. The number of para-hydroxylation sites is 2. The molecule has 0 aliphatic heterocycles. The Hall–Kier alpha value is -3.57. The van der Waals surface area contributed by atoms with E-state index in [-0.39, 0.29) is 5.91 Å². The van der Waals surface area contributed by atoms with E-state index in [1.807, 2.05) is 85.8 Å². The lowest BCUT2D eigenvalue weighted by Gasteiger charge is -2.14. The van der Waals surface area contributed by atoms with Crippen molar-refractivity contribution in [2.75, 3.05) is 5.32 Å². The van der Waals surface area contributed by atoms with Crippen molar-refractivity contribution in [2.45, 2.75) is 6.92 Å². The van der Waals surface area contributed by atoms with Crippen molar-refractivity contribution in [1.29, 1.82) is 0 Å². The number of nitrogens with zero attached hydrogens (tertiary/aromatic N) is 2. The molecule has 0 saturated heterocycles. The summed E-state index contributed by atoms with van der Waals surface area (Å²) in [5, 5.41) is 4.43. The molecular formula is C24H17N3OS. The van der Waals surface area contributed by atoms with Gasteiger partial charge in [0.25, 0.3) is 5.91 Å². The second-order valence-electron chi connectivity index (χ2n) is 6.78. The van der Waals surface area contributed by atoms with Crippen LogP contribution in [0.15, 0.2) is 78.9 Å². The van der Waals surface area contributed by atoms with Gasteiger partial charge in [0.05, 0.1) is 27.0 Å². The number of carbonyl (C=O) groups is 1. The monoisotopic (exact) mass is 395 g/mol. The zero-order valence-electron chi connectivity index (χ0n) is 15.7. The number of fused-ring (bicyclic) bond motifs is 2. The van der Waals surface area contributed by atoms with Crippen LogP contribution >= 0.6 is 11.3 Å². The van der Waals surface area contributed by atoms with Crippen molar-refractivity contribution >= 4 is 43.5 Å². The number of hydrogen-bond donors (Lipinski definition) is 1. The summed E-state index contributed by atoms with van der Waals surface area (Å²) in [7, 11) is 0. The van der Waals surface area contributed by atoms with Gasteiger partial charge in [-0.1, -0.05) is 72.0 Å². The number of rotatable bonds is 3. The van der Waals surface area contributed by atoms with Crippen LogP contribution in [0.25, 0.3) is 32.4 Å². The molecule has 0 saturated carbocycles. The number of amides is 1. The van der Waals surface area contributed by atoms with E-state index in [0.29, 0.717) is 10.7 Å². The molecule has 0 aliphatic rings. The number of carbonyl (C=O) groups excluding carboxylic acids is 1. The number of nitrogens with one attached hydrogen (secondary N) is 1. The van der Waals surface area contributed by atoms with E-state index in [1.165, 1.54) is 11.3 Å². The van der Waals surface area contributed by atoms with Gasteiger partial charge in [-0.25, -0.2) is 9.97 Å². The molecule has 3 aromatic carbocycles. The third kappa shape index (κ3) is 3.15. The predicted molar refractivity (Wildman–Crippen MR) is 119 cm³/mol. The fourth-order valence-electron chi connectivity index (χ4n) is 3.56. The van der Waals surface area contributed by atoms with Crippen LogP contribution in [0.4, 0.5) is 5.13 Å². The van der Waals surface area contributed by atoms with Crippen LogP contribution in [-0.2, 0) is 0 Å². The lowest BCUT2D eigenvalue weighted by molar-refractivity contribution is 0.102. The Balaban J connectivity index is 1.64. The Labute approximate surface area is 171 Å². The fraction of sp³-hybridized carbons (Fsp3) is 0.0417. The fourth-order valence-corrected chi connectivity index (χ4v) is 4.42. The summed E-state index contributed by atoms with van der Waals surface area (Å²) < 4.78 is 1.05. The number of benzene rings is 3. The zero-order valence-corrected chi connectivity index (χ0v) is 16.5. The van der Waals surface area contributed by atoms with Gasteiger partial charge in [0.15, 0.2) is 5.13 Å². The second-order valence-corrected chi connectivity index (χ2v) is 7.82. The average Bonchev–Trinajstić information content (AvgIpc) is 3.16. The van der Waals surface area contributed by atoms with Gasteiger partial charge in [0, 0.05) is 10.9 Å². The standard InChI is InChI=1S/C24H17N3OS/c1-15-21(23(28)27-24-26-19-13-7-8-14-20(19)29-24)17-11-5-6-12-18(17)25-22(15)16-9-3-2-4-10-16/h2-14H,1H3,(H,26,27,28).